The number of hydrogen-bond donors (Lipinski definition) is 2. The predicted octanol–water partition coefficient (Wildman–Crippen LogP) is 1.63. The van der Waals surface area contributed by atoms with Gasteiger partial charge in [-0.2, -0.15) is 4.31 Å². The fraction of sp³-hybridized carbons (Fsp3) is 0.533. The van der Waals surface area contributed by atoms with Crippen LogP contribution in [0.2, 0.25) is 5.02 Å². The largest absolute Gasteiger partial charge is 0.396 e. The third kappa shape index (κ3) is 4.44. The van der Waals surface area contributed by atoms with Crippen LogP contribution in [0.4, 0.5) is 0 Å². The van der Waals surface area contributed by atoms with Crippen molar-refractivity contribution in [2.24, 2.45) is 0 Å². The molecule has 1 fully saturated rings. The minimum absolute atomic E-state index is 0.0184. The molecule has 23 heavy (non-hydrogen) atoms. The van der Waals surface area contributed by atoms with Gasteiger partial charge >= 0.3 is 0 Å². The van der Waals surface area contributed by atoms with Gasteiger partial charge in [0.05, 0.1) is 5.02 Å². The van der Waals surface area contributed by atoms with Crippen LogP contribution in [0.1, 0.15) is 36.0 Å². The molecule has 6 nitrogen and oxygen atoms in total. The van der Waals surface area contributed by atoms with Crippen molar-refractivity contribution >= 4 is 27.5 Å². The van der Waals surface area contributed by atoms with Crippen LogP contribution in [0.25, 0.3) is 0 Å². The van der Waals surface area contributed by atoms with Gasteiger partial charge < -0.3 is 10.4 Å². The first-order valence-corrected chi connectivity index (χ1v) is 9.47. The number of nitrogens with zero attached hydrogens (tertiary/aromatic N) is 1. The number of halogens is 1. The number of nitrogens with one attached hydrogen (secondary N) is 1. The summed E-state index contributed by atoms with van der Waals surface area (Å²) in [6.07, 6.45) is 3.13. The maximum absolute atomic E-state index is 12.7. The average molecular weight is 361 g/mol. The Balaban J connectivity index is 2.24. The summed E-state index contributed by atoms with van der Waals surface area (Å²) in [6, 6.07) is 4.24. The first kappa shape index (κ1) is 18.2. The number of aliphatic hydroxyl groups is 1. The zero-order chi connectivity index (χ0) is 16.9. The van der Waals surface area contributed by atoms with E-state index >= 15 is 0 Å². The molecule has 0 radical (unpaired) electrons. The second-order valence-corrected chi connectivity index (χ2v) is 7.76. The van der Waals surface area contributed by atoms with Crippen molar-refractivity contribution in [3.8, 4) is 0 Å². The van der Waals surface area contributed by atoms with Crippen molar-refractivity contribution in [3.63, 3.8) is 0 Å². The highest BCUT2D eigenvalue weighted by Gasteiger charge is 2.28. The first-order valence-electron chi connectivity index (χ1n) is 7.65. The molecule has 0 spiro atoms. The molecule has 8 heteroatoms. The van der Waals surface area contributed by atoms with Crippen molar-refractivity contribution in [1.29, 1.82) is 0 Å². The van der Waals surface area contributed by atoms with E-state index in [1.165, 1.54) is 22.5 Å². The fourth-order valence-electron chi connectivity index (χ4n) is 2.47. The molecule has 0 saturated carbocycles. The molecule has 2 rings (SSSR count). The van der Waals surface area contributed by atoms with E-state index in [1.807, 2.05) is 0 Å². The van der Waals surface area contributed by atoms with Gasteiger partial charge in [-0.05, 0) is 37.5 Å². The van der Waals surface area contributed by atoms with Gasteiger partial charge in [0.15, 0.2) is 0 Å². The third-order valence-corrected chi connectivity index (χ3v) is 6.13. The Bertz CT molecular complexity index is 657. The minimum atomic E-state index is -3.69. The van der Waals surface area contributed by atoms with Gasteiger partial charge in [0.2, 0.25) is 10.0 Å². The molecule has 1 amide bonds. The van der Waals surface area contributed by atoms with Crippen molar-refractivity contribution in [3.05, 3.63) is 28.8 Å². The van der Waals surface area contributed by atoms with Crippen molar-refractivity contribution < 1.29 is 18.3 Å². The van der Waals surface area contributed by atoms with Crippen LogP contribution in [-0.4, -0.2) is 50.0 Å². The molecule has 0 atom stereocenters. The number of rotatable bonds is 6. The quantitative estimate of drug-likeness (QED) is 0.755. The van der Waals surface area contributed by atoms with Gasteiger partial charge in [0.1, 0.15) is 4.90 Å². The van der Waals surface area contributed by atoms with Gasteiger partial charge in [-0.1, -0.05) is 18.0 Å². The molecule has 0 unspecified atom stereocenters. The average Bonchev–Trinajstić information content (AvgIpc) is 2.56. The van der Waals surface area contributed by atoms with E-state index in [4.69, 9.17) is 16.7 Å². The maximum Gasteiger partial charge on any atom is 0.251 e. The smallest absolute Gasteiger partial charge is 0.251 e. The van der Waals surface area contributed by atoms with E-state index < -0.39 is 10.0 Å². The summed E-state index contributed by atoms with van der Waals surface area (Å²) in [5.41, 5.74) is 0.239. The number of carbonyl (C=O) groups is 1. The van der Waals surface area contributed by atoms with Gasteiger partial charge in [-0.15, -0.1) is 0 Å². The van der Waals surface area contributed by atoms with Gasteiger partial charge in [0.25, 0.3) is 5.91 Å². The maximum atomic E-state index is 12.7. The number of piperidine rings is 1. The van der Waals surface area contributed by atoms with Crippen molar-refractivity contribution in [1.82, 2.24) is 9.62 Å². The van der Waals surface area contributed by atoms with Crippen LogP contribution in [0, 0.1) is 0 Å². The molecule has 2 N–H and O–H groups in total. The second kappa shape index (κ2) is 8.10. The lowest BCUT2D eigenvalue weighted by atomic mass is 10.2. The Morgan fingerprint density at radius 1 is 1.26 bits per heavy atom. The van der Waals surface area contributed by atoms with E-state index in [1.54, 1.807) is 0 Å². The molecule has 1 aliphatic rings. The fourth-order valence-corrected chi connectivity index (χ4v) is 4.49. The van der Waals surface area contributed by atoms with Crippen LogP contribution < -0.4 is 5.32 Å². The number of carbonyl (C=O) groups excluding carboxylic acids is 1. The van der Waals surface area contributed by atoms with Gasteiger partial charge in [-0.25, -0.2) is 8.42 Å². The Morgan fingerprint density at radius 3 is 2.61 bits per heavy atom. The zero-order valence-corrected chi connectivity index (χ0v) is 14.4. The van der Waals surface area contributed by atoms with Crippen LogP contribution in [-0.2, 0) is 10.0 Å². The van der Waals surface area contributed by atoms with Crippen LogP contribution in [0.3, 0.4) is 0 Å². The van der Waals surface area contributed by atoms with E-state index in [9.17, 15) is 13.2 Å². The molecule has 0 bridgehead atoms. The van der Waals surface area contributed by atoms with Gasteiger partial charge in [0, 0.05) is 31.8 Å². The Morgan fingerprint density at radius 2 is 1.96 bits per heavy atom. The third-order valence-electron chi connectivity index (χ3n) is 3.75. The van der Waals surface area contributed by atoms with E-state index in [2.05, 4.69) is 5.32 Å². The Hall–Kier alpha value is -1.15. The molecule has 1 aromatic carbocycles. The summed E-state index contributed by atoms with van der Waals surface area (Å²) in [5.74, 6) is -0.384. The molecule has 0 aliphatic carbocycles. The van der Waals surface area contributed by atoms with Crippen molar-refractivity contribution in [2.45, 2.75) is 30.6 Å². The molecular weight excluding hydrogens is 340 g/mol. The first-order chi connectivity index (χ1) is 11.0. The highest BCUT2D eigenvalue weighted by atomic mass is 35.5. The lowest BCUT2D eigenvalue weighted by molar-refractivity contribution is 0.0951. The molecular formula is C15H21ClN2O4S. The minimum Gasteiger partial charge on any atom is -0.396 e. The lowest BCUT2D eigenvalue weighted by Crippen LogP contribution is -2.36. The lowest BCUT2D eigenvalue weighted by Gasteiger charge is -2.26. The highest BCUT2D eigenvalue weighted by molar-refractivity contribution is 7.89. The number of benzene rings is 1. The second-order valence-electron chi connectivity index (χ2n) is 5.44. The summed E-state index contributed by atoms with van der Waals surface area (Å²) < 4.78 is 26.9. The summed E-state index contributed by atoms with van der Waals surface area (Å²) in [6.45, 7) is 1.26. The van der Waals surface area contributed by atoms with Gasteiger partial charge in [-0.3, -0.25) is 4.79 Å². The van der Waals surface area contributed by atoms with E-state index in [0.29, 0.717) is 26.1 Å². The Labute approximate surface area is 141 Å². The monoisotopic (exact) mass is 360 g/mol. The summed E-state index contributed by atoms with van der Waals surface area (Å²) in [4.78, 5) is 12.0. The SMILES string of the molecule is O=C(NCCCO)c1ccc(Cl)c(S(=O)(=O)N2CCCCC2)c1. The number of aliphatic hydroxyl groups excluding tert-OH is 1. The van der Waals surface area contributed by atoms with E-state index in [0.717, 1.165) is 19.3 Å². The molecule has 1 saturated heterocycles. The Kier molecular flexibility index (Phi) is 6.41. The molecule has 1 aliphatic heterocycles. The number of hydrogen-bond acceptors (Lipinski definition) is 4. The van der Waals surface area contributed by atoms with Crippen LogP contribution >= 0.6 is 11.6 Å². The molecule has 1 heterocycles. The zero-order valence-electron chi connectivity index (χ0n) is 12.8. The number of amides is 1. The van der Waals surface area contributed by atoms with Crippen LogP contribution in [0.15, 0.2) is 23.1 Å². The molecule has 128 valence electrons. The summed E-state index contributed by atoms with van der Waals surface area (Å²) in [5, 5.41) is 11.5. The van der Waals surface area contributed by atoms with E-state index in [-0.39, 0.29) is 28.0 Å². The summed E-state index contributed by atoms with van der Waals surface area (Å²) >= 11 is 6.06. The predicted molar refractivity (Wildman–Crippen MR) is 88.1 cm³/mol. The normalized spacial score (nSPS) is 16.3. The molecule has 0 aromatic heterocycles. The summed E-state index contributed by atoms with van der Waals surface area (Å²) in [7, 11) is -3.69. The highest BCUT2D eigenvalue weighted by Crippen LogP contribution is 2.27. The van der Waals surface area contributed by atoms with Crippen LogP contribution in [0.5, 0.6) is 0 Å². The molecule has 1 aromatic rings. The standard InChI is InChI=1S/C15H21ClN2O4S/c16-13-6-5-12(15(20)17-7-4-10-19)11-14(13)23(21,22)18-8-2-1-3-9-18/h5-6,11,19H,1-4,7-10H2,(H,17,20). The number of sulfonamides is 1. The topological polar surface area (TPSA) is 86.7 Å². The van der Waals surface area contributed by atoms with Crippen molar-refractivity contribution in [2.75, 3.05) is 26.2 Å².